The molecule has 0 saturated heterocycles. The van der Waals surface area contributed by atoms with Gasteiger partial charge >= 0.3 is 0 Å². The molecule has 16 heavy (non-hydrogen) atoms. The molecule has 0 saturated carbocycles. The molecule has 1 rings (SSSR count). The molecule has 0 N–H and O–H groups in total. The lowest BCUT2D eigenvalue weighted by Crippen LogP contribution is -2.10. The molecule has 0 bridgehead atoms. The van der Waals surface area contributed by atoms with E-state index in [9.17, 15) is 0 Å². The largest absolute Gasteiger partial charge is 0.197 e. The lowest BCUT2D eigenvalue weighted by Gasteiger charge is -2.19. The van der Waals surface area contributed by atoms with Crippen molar-refractivity contribution in [2.75, 3.05) is 5.75 Å². The molecule has 1 nitrogen and oxygen atoms in total. The summed E-state index contributed by atoms with van der Waals surface area (Å²) >= 11 is 7.36. The second-order valence-electron chi connectivity index (χ2n) is 4.68. The van der Waals surface area contributed by atoms with Crippen LogP contribution in [0.1, 0.15) is 26.3 Å². The molecule has 1 aromatic rings. The second kappa shape index (κ2) is 5.61. The molecule has 1 atom stereocenters. The van der Waals surface area contributed by atoms with Crippen LogP contribution in [0.4, 0.5) is 0 Å². The number of hydrogen-bond donors (Lipinski definition) is 0. The van der Waals surface area contributed by atoms with E-state index < -0.39 is 5.38 Å². The zero-order chi connectivity index (χ0) is 12.2. The Hall–Kier alpha value is -0.650. The number of hydrogen-bond acceptors (Lipinski definition) is 2. The van der Waals surface area contributed by atoms with Gasteiger partial charge in [0.1, 0.15) is 5.38 Å². The van der Waals surface area contributed by atoms with E-state index in [1.165, 1.54) is 5.56 Å². The summed E-state index contributed by atoms with van der Waals surface area (Å²) in [5, 5.41) is 8.16. The van der Waals surface area contributed by atoms with Crippen LogP contribution < -0.4 is 0 Å². The van der Waals surface area contributed by atoms with Crippen molar-refractivity contribution in [3.63, 3.8) is 0 Å². The number of thioether (sulfide) groups is 1. The highest BCUT2D eigenvalue weighted by Crippen LogP contribution is 2.26. The van der Waals surface area contributed by atoms with Crippen molar-refractivity contribution >= 4 is 23.4 Å². The molecule has 0 aromatic heterocycles. The van der Waals surface area contributed by atoms with Crippen LogP contribution in [-0.4, -0.2) is 11.1 Å². The van der Waals surface area contributed by atoms with E-state index in [2.05, 4.69) is 45.0 Å². The van der Waals surface area contributed by atoms with Crippen molar-refractivity contribution in [2.45, 2.75) is 36.5 Å². The third-order valence-electron chi connectivity index (χ3n) is 2.26. The van der Waals surface area contributed by atoms with Gasteiger partial charge < -0.3 is 0 Å². The van der Waals surface area contributed by atoms with E-state index in [-0.39, 0.29) is 5.41 Å². The van der Waals surface area contributed by atoms with Crippen molar-refractivity contribution in [1.29, 1.82) is 5.26 Å². The van der Waals surface area contributed by atoms with Gasteiger partial charge in [0.25, 0.3) is 0 Å². The van der Waals surface area contributed by atoms with E-state index in [0.29, 0.717) is 5.75 Å². The molecular weight excluding hydrogens is 238 g/mol. The van der Waals surface area contributed by atoms with Gasteiger partial charge in [0.2, 0.25) is 0 Å². The molecule has 0 aliphatic heterocycles. The molecule has 3 heteroatoms. The number of nitrogens with zero attached hydrogens (tertiary/aromatic N) is 1. The molecule has 0 amide bonds. The van der Waals surface area contributed by atoms with Crippen LogP contribution in [0.2, 0.25) is 0 Å². The summed E-state index contributed by atoms with van der Waals surface area (Å²) in [6.07, 6.45) is 0. The maximum atomic E-state index is 8.57. The Morgan fingerprint density at radius 3 is 2.31 bits per heavy atom. The van der Waals surface area contributed by atoms with E-state index >= 15 is 0 Å². The first kappa shape index (κ1) is 13.4. The van der Waals surface area contributed by atoms with Gasteiger partial charge in [-0.2, -0.15) is 5.26 Å². The van der Waals surface area contributed by atoms with Crippen LogP contribution in [-0.2, 0) is 5.41 Å². The van der Waals surface area contributed by atoms with Crippen molar-refractivity contribution in [3.8, 4) is 6.07 Å². The maximum Gasteiger partial charge on any atom is 0.129 e. The van der Waals surface area contributed by atoms with Crippen molar-refractivity contribution in [1.82, 2.24) is 0 Å². The van der Waals surface area contributed by atoms with Crippen LogP contribution in [0, 0.1) is 11.3 Å². The van der Waals surface area contributed by atoms with E-state index in [4.69, 9.17) is 16.9 Å². The van der Waals surface area contributed by atoms with Crippen LogP contribution in [0.25, 0.3) is 0 Å². The Kier molecular flexibility index (Phi) is 4.70. The SMILES string of the molecule is CC(C)(C)c1ccc(SCC(Cl)C#N)cc1. The number of nitriles is 1. The summed E-state index contributed by atoms with van der Waals surface area (Å²) in [7, 11) is 0. The molecule has 86 valence electrons. The molecule has 0 aliphatic carbocycles. The summed E-state index contributed by atoms with van der Waals surface area (Å²) in [6, 6.07) is 10.5. The minimum atomic E-state index is -0.410. The highest BCUT2D eigenvalue weighted by atomic mass is 35.5. The van der Waals surface area contributed by atoms with Gasteiger partial charge in [0, 0.05) is 10.6 Å². The fourth-order valence-electron chi connectivity index (χ4n) is 1.26. The molecule has 0 spiro atoms. The lowest BCUT2D eigenvalue weighted by atomic mass is 9.87. The Bertz CT molecular complexity index is 372. The Morgan fingerprint density at radius 1 is 1.31 bits per heavy atom. The standard InChI is InChI=1S/C13H16ClNS/c1-13(2,3)10-4-6-12(7-5-10)16-9-11(14)8-15/h4-7,11H,9H2,1-3H3. The normalized spacial score (nSPS) is 13.2. The predicted octanol–water partition coefficient (Wildman–Crippen LogP) is 4.21. The zero-order valence-corrected chi connectivity index (χ0v) is 11.4. The van der Waals surface area contributed by atoms with Crippen LogP contribution >= 0.6 is 23.4 Å². The molecule has 1 aromatic carbocycles. The average molecular weight is 254 g/mol. The summed E-state index contributed by atoms with van der Waals surface area (Å²) in [6.45, 7) is 6.58. The topological polar surface area (TPSA) is 23.8 Å². The first-order valence-electron chi connectivity index (χ1n) is 5.20. The Morgan fingerprint density at radius 2 is 1.88 bits per heavy atom. The molecule has 0 aliphatic rings. The summed E-state index contributed by atoms with van der Waals surface area (Å²) in [5.74, 6) is 0.632. The molecule has 0 fully saturated rings. The van der Waals surface area contributed by atoms with Crippen LogP contribution in [0.15, 0.2) is 29.2 Å². The molecule has 0 heterocycles. The number of halogens is 1. The predicted molar refractivity (Wildman–Crippen MR) is 71.1 cm³/mol. The monoisotopic (exact) mass is 253 g/mol. The first-order chi connectivity index (χ1) is 7.43. The third-order valence-corrected chi connectivity index (χ3v) is 3.80. The van der Waals surface area contributed by atoms with Gasteiger partial charge in [0.05, 0.1) is 6.07 Å². The minimum absolute atomic E-state index is 0.185. The molecular formula is C13H16ClNS. The highest BCUT2D eigenvalue weighted by Gasteiger charge is 2.13. The lowest BCUT2D eigenvalue weighted by molar-refractivity contribution is 0.590. The maximum absolute atomic E-state index is 8.57. The fraction of sp³-hybridized carbons (Fsp3) is 0.462. The van der Waals surface area contributed by atoms with Gasteiger partial charge in [-0.25, -0.2) is 0 Å². The Balaban J connectivity index is 2.63. The zero-order valence-electron chi connectivity index (χ0n) is 9.83. The van der Waals surface area contributed by atoms with Crippen LogP contribution in [0.3, 0.4) is 0 Å². The summed E-state index contributed by atoms with van der Waals surface area (Å²) in [5.41, 5.74) is 1.50. The summed E-state index contributed by atoms with van der Waals surface area (Å²) in [4.78, 5) is 1.16. The molecule has 0 radical (unpaired) electrons. The van der Waals surface area contributed by atoms with Crippen molar-refractivity contribution < 1.29 is 0 Å². The Labute approximate surface area is 107 Å². The van der Waals surface area contributed by atoms with Crippen molar-refractivity contribution in [3.05, 3.63) is 29.8 Å². The van der Waals surface area contributed by atoms with Gasteiger partial charge in [-0.15, -0.1) is 23.4 Å². The minimum Gasteiger partial charge on any atom is -0.197 e. The fourth-order valence-corrected chi connectivity index (χ4v) is 2.19. The first-order valence-corrected chi connectivity index (χ1v) is 6.62. The van der Waals surface area contributed by atoms with Gasteiger partial charge in [0.15, 0.2) is 0 Å². The number of benzene rings is 1. The van der Waals surface area contributed by atoms with E-state index in [0.717, 1.165) is 4.90 Å². The third kappa shape index (κ3) is 4.08. The van der Waals surface area contributed by atoms with Gasteiger partial charge in [-0.1, -0.05) is 32.9 Å². The quantitative estimate of drug-likeness (QED) is 0.595. The average Bonchev–Trinajstić information content (AvgIpc) is 2.25. The van der Waals surface area contributed by atoms with Gasteiger partial charge in [-0.05, 0) is 23.1 Å². The number of alkyl halides is 1. The van der Waals surface area contributed by atoms with Crippen LogP contribution in [0.5, 0.6) is 0 Å². The summed E-state index contributed by atoms with van der Waals surface area (Å²) < 4.78 is 0. The van der Waals surface area contributed by atoms with E-state index in [1.807, 2.05) is 6.07 Å². The second-order valence-corrected chi connectivity index (χ2v) is 6.30. The smallest absolute Gasteiger partial charge is 0.129 e. The molecule has 1 unspecified atom stereocenters. The highest BCUT2D eigenvalue weighted by molar-refractivity contribution is 7.99. The van der Waals surface area contributed by atoms with Crippen molar-refractivity contribution in [2.24, 2.45) is 0 Å². The number of rotatable bonds is 3. The van der Waals surface area contributed by atoms with Gasteiger partial charge in [-0.3, -0.25) is 0 Å². The van der Waals surface area contributed by atoms with E-state index in [1.54, 1.807) is 11.8 Å².